The highest BCUT2D eigenvalue weighted by Crippen LogP contribution is 2.41. The first-order valence-electron chi connectivity index (χ1n) is 10.5. The predicted octanol–water partition coefficient (Wildman–Crippen LogP) is 6.74. The number of carbonyl (C=O) groups excluding carboxylic acids is 1. The fraction of sp³-hybridized carbons (Fsp3) is 0.952. The molecule has 0 aliphatic heterocycles. The normalized spacial score (nSPS) is 13.4. The molecule has 0 aliphatic rings. The molecule has 0 heterocycles. The molecule has 0 aromatic heterocycles. The van der Waals surface area contributed by atoms with Crippen molar-refractivity contribution in [1.29, 1.82) is 0 Å². The smallest absolute Gasteiger partial charge is 0.395 e. The molecule has 0 aromatic rings. The zero-order valence-corrected chi connectivity index (χ0v) is 19.2. The lowest BCUT2D eigenvalue weighted by Gasteiger charge is -2.29. The van der Waals surface area contributed by atoms with Gasteiger partial charge in [-0.15, -0.1) is 0 Å². The number of hydrogen-bond acceptors (Lipinski definition) is 2. The Morgan fingerprint density at radius 3 is 1.78 bits per heavy atom. The van der Waals surface area contributed by atoms with Gasteiger partial charge in [0, 0.05) is 13.5 Å². The molecule has 0 spiro atoms. The number of aliphatic hydroxyl groups excluding tert-OH is 1. The van der Waals surface area contributed by atoms with E-state index < -0.39 is 18.2 Å². The Balaban J connectivity index is -0.000000165. The molecule has 0 radical (unpaired) electrons. The topological polar surface area (TPSA) is 49.3 Å². The van der Waals surface area contributed by atoms with Gasteiger partial charge in [0.25, 0.3) is 0 Å². The molecule has 1 unspecified atom stereocenters. The third-order valence-electron chi connectivity index (χ3n) is 3.87. The van der Waals surface area contributed by atoms with E-state index in [0.717, 1.165) is 13.5 Å². The maximum atomic E-state index is 12.3. The molecule has 1 amide bonds. The zero-order valence-electron chi connectivity index (χ0n) is 19.2. The maximum absolute atomic E-state index is 12.3. The van der Waals surface area contributed by atoms with Crippen LogP contribution in [0.25, 0.3) is 0 Å². The SMILES string of the molecule is CC.CC.CCCCC(C)CNC(C)=O.CCCC[C@](C)(CO)C(F)(F)F. The lowest BCUT2D eigenvalue weighted by Crippen LogP contribution is -2.38. The number of halogens is 3. The number of unbranched alkanes of at least 4 members (excludes halogenated alkanes) is 2. The molecule has 168 valence electrons. The van der Waals surface area contributed by atoms with Crippen LogP contribution < -0.4 is 5.32 Å². The first-order valence-corrected chi connectivity index (χ1v) is 10.5. The summed E-state index contributed by atoms with van der Waals surface area (Å²) >= 11 is 0. The number of carbonyl (C=O) groups is 1. The highest BCUT2D eigenvalue weighted by atomic mass is 19.4. The van der Waals surface area contributed by atoms with Gasteiger partial charge in [-0.3, -0.25) is 4.79 Å². The quantitative estimate of drug-likeness (QED) is 0.449. The number of nitrogens with one attached hydrogen (secondary N) is 1. The standard InChI is InChI=1S/C9H19NO.C8H15F3O.2C2H6/c1-4-5-6-8(2)7-10-9(3)11;1-3-4-5-7(2,6-12)8(9,10)11;2*1-2/h8H,4-7H2,1-3H3,(H,10,11);12H,3-6H2,1-2H3;2*1-2H3/t;7-;;/m.1../s1. The molecule has 2 N–H and O–H groups in total. The average Bonchev–Trinajstić information content (AvgIpc) is 2.65. The minimum atomic E-state index is -4.29. The molecule has 0 aliphatic carbocycles. The third kappa shape index (κ3) is 21.4. The van der Waals surface area contributed by atoms with Crippen molar-refractivity contribution < 1.29 is 23.1 Å². The molecular weight excluding hydrogens is 355 g/mol. The number of hydrogen-bond donors (Lipinski definition) is 2. The summed E-state index contributed by atoms with van der Waals surface area (Å²) in [5.41, 5.74) is -1.91. The lowest BCUT2D eigenvalue weighted by molar-refractivity contribution is -0.231. The Morgan fingerprint density at radius 1 is 1.04 bits per heavy atom. The molecule has 2 atom stereocenters. The number of aliphatic hydroxyl groups is 1. The Labute approximate surface area is 166 Å². The first-order chi connectivity index (χ1) is 12.5. The largest absolute Gasteiger partial charge is 0.396 e. The highest BCUT2D eigenvalue weighted by Gasteiger charge is 2.49. The third-order valence-corrected chi connectivity index (χ3v) is 3.87. The molecule has 0 rings (SSSR count). The summed E-state index contributed by atoms with van der Waals surface area (Å²) in [5, 5.41) is 11.4. The van der Waals surface area contributed by atoms with Gasteiger partial charge in [0.15, 0.2) is 0 Å². The zero-order chi connectivity index (χ0) is 22.5. The van der Waals surface area contributed by atoms with Crippen LogP contribution in [0.3, 0.4) is 0 Å². The van der Waals surface area contributed by atoms with Gasteiger partial charge in [-0.2, -0.15) is 13.2 Å². The van der Waals surface area contributed by atoms with E-state index in [1.165, 1.54) is 19.3 Å². The molecule has 0 fully saturated rings. The van der Waals surface area contributed by atoms with E-state index in [9.17, 15) is 18.0 Å². The molecule has 27 heavy (non-hydrogen) atoms. The Hall–Kier alpha value is -0.780. The predicted molar refractivity (Wildman–Crippen MR) is 111 cm³/mol. The van der Waals surface area contributed by atoms with E-state index in [-0.39, 0.29) is 12.3 Å². The van der Waals surface area contributed by atoms with Gasteiger partial charge >= 0.3 is 6.18 Å². The van der Waals surface area contributed by atoms with Crippen molar-refractivity contribution in [2.75, 3.05) is 13.2 Å². The lowest BCUT2D eigenvalue weighted by atomic mass is 9.85. The fourth-order valence-corrected chi connectivity index (χ4v) is 1.85. The van der Waals surface area contributed by atoms with Crippen molar-refractivity contribution in [1.82, 2.24) is 5.32 Å². The van der Waals surface area contributed by atoms with E-state index in [4.69, 9.17) is 5.11 Å². The van der Waals surface area contributed by atoms with E-state index in [0.29, 0.717) is 18.8 Å². The maximum Gasteiger partial charge on any atom is 0.396 e. The van der Waals surface area contributed by atoms with Crippen LogP contribution in [-0.2, 0) is 4.79 Å². The highest BCUT2D eigenvalue weighted by molar-refractivity contribution is 5.72. The molecule has 0 bridgehead atoms. The first kappa shape index (κ1) is 33.8. The molecule has 0 saturated heterocycles. The second kappa shape index (κ2) is 21.5. The van der Waals surface area contributed by atoms with Crippen LogP contribution in [0.4, 0.5) is 13.2 Å². The summed E-state index contributed by atoms with van der Waals surface area (Å²) in [6, 6.07) is 0. The Morgan fingerprint density at radius 2 is 1.48 bits per heavy atom. The molecular formula is C21H46F3NO2. The molecule has 6 heteroatoms. The second-order valence-electron chi connectivity index (χ2n) is 6.50. The summed E-state index contributed by atoms with van der Waals surface area (Å²) in [7, 11) is 0. The average molecular weight is 402 g/mol. The molecule has 0 saturated carbocycles. The van der Waals surface area contributed by atoms with E-state index in [2.05, 4.69) is 19.2 Å². The van der Waals surface area contributed by atoms with Crippen molar-refractivity contribution in [2.45, 2.75) is 107 Å². The van der Waals surface area contributed by atoms with E-state index >= 15 is 0 Å². The van der Waals surface area contributed by atoms with Gasteiger partial charge in [-0.1, -0.05) is 74.1 Å². The van der Waals surface area contributed by atoms with Crippen LogP contribution in [0, 0.1) is 11.3 Å². The van der Waals surface area contributed by atoms with Crippen LogP contribution >= 0.6 is 0 Å². The number of rotatable bonds is 9. The Bertz CT molecular complexity index is 310. The minimum Gasteiger partial charge on any atom is -0.395 e. The summed E-state index contributed by atoms with van der Waals surface area (Å²) in [5.74, 6) is 0.701. The van der Waals surface area contributed by atoms with Crippen molar-refractivity contribution >= 4 is 5.91 Å². The van der Waals surface area contributed by atoms with Crippen molar-refractivity contribution in [2.24, 2.45) is 11.3 Å². The molecule has 0 aromatic carbocycles. The van der Waals surface area contributed by atoms with E-state index in [1.807, 2.05) is 34.6 Å². The van der Waals surface area contributed by atoms with Gasteiger partial charge in [0.1, 0.15) is 0 Å². The van der Waals surface area contributed by atoms with Crippen LogP contribution in [0.1, 0.15) is 101 Å². The van der Waals surface area contributed by atoms with Gasteiger partial charge in [-0.25, -0.2) is 0 Å². The van der Waals surface area contributed by atoms with Crippen LogP contribution in [0.15, 0.2) is 0 Å². The van der Waals surface area contributed by atoms with Crippen LogP contribution in [0.5, 0.6) is 0 Å². The van der Waals surface area contributed by atoms with Crippen molar-refractivity contribution in [3.05, 3.63) is 0 Å². The van der Waals surface area contributed by atoms with Crippen LogP contribution in [0.2, 0.25) is 0 Å². The Kier molecular flexibility index (Phi) is 26.9. The summed E-state index contributed by atoms with van der Waals surface area (Å²) in [6.07, 6.45) is 0.643. The van der Waals surface area contributed by atoms with Gasteiger partial charge in [0.2, 0.25) is 5.91 Å². The van der Waals surface area contributed by atoms with Gasteiger partial charge in [0.05, 0.1) is 12.0 Å². The van der Waals surface area contributed by atoms with Gasteiger partial charge in [-0.05, 0) is 25.7 Å². The summed E-state index contributed by atoms with van der Waals surface area (Å²) in [6.45, 7) is 16.8. The monoisotopic (exact) mass is 401 g/mol. The van der Waals surface area contributed by atoms with E-state index in [1.54, 1.807) is 6.92 Å². The molecule has 3 nitrogen and oxygen atoms in total. The van der Waals surface area contributed by atoms with Crippen molar-refractivity contribution in [3.63, 3.8) is 0 Å². The number of alkyl halides is 3. The van der Waals surface area contributed by atoms with Crippen LogP contribution in [-0.4, -0.2) is 30.3 Å². The minimum absolute atomic E-state index is 0.00347. The number of amides is 1. The second-order valence-corrected chi connectivity index (χ2v) is 6.50. The summed E-state index contributed by atoms with van der Waals surface area (Å²) in [4.78, 5) is 10.5. The van der Waals surface area contributed by atoms with Crippen molar-refractivity contribution in [3.8, 4) is 0 Å². The van der Waals surface area contributed by atoms with Gasteiger partial charge < -0.3 is 10.4 Å². The fourth-order valence-electron chi connectivity index (χ4n) is 1.85. The summed E-state index contributed by atoms with van der Waals surface area (Å²) < 4.78 is 36.8.